The summed E-state index contributed by atoms with van der Waals surface area (Å²) in [6.45, 7) is 0. The van der Waals surface area contributed by atoms with Crippen LogP contribution in [0.1, 0.15) is 10.4 Å². The second kappa shape index (κ2) is 8.44. The van der Waals surface area contributed by atoms with Crippen LogP contribution in [0.25, 0.3) is 0 Å². The van der Waals surface area contributed by atoms with Gasteiger partial charge in [-0.15, -0.1) is 0 Å². The number of hydrogen-bond acceptors (Lipinski definition) is 5. The zero-order valence-electron chi connectivity index (χ0n) is 13.3. The Morgan fingerprint density at radius 3 is 2.11 bits per heavy atom. The average Bonchev–Trinajstić information content (AvgIpc) is 2.65. The van der Waals surface area contributed by atoms with Gasteiger partial charge in [0.2, 0.25) is 0 Å². The maximum atomic E-state index is 13.3. The lowest BCUT2D eigenvalue weighted by molar-refractivity contribution is 0.102. The van der Waals surface area contributed by atoms with E-state index in [1.54, 1.807) is 18.2 Å². The summed E-state index contributed by atoms with van der Waals surface area (Å²) in [5.74, 6) is -3.17. The smallest absolute Gasteiger partial charge is 0.257 e. The Bertz CT molecular complexity index is 1060. The van der Waals surface area contributed by atoms with Crippen LogP contribution in [0.2, 0.25) is 5.02 Å². The molecule has 0 aromatic heterocycles. The normalized spacial score (nSPS) is 9.33. The first-order valence-corrected chi connectivity index (χ1v) is 7.55. The lowest BCUT2D eigenvalue weighted by Gasteiger charge is -2.10. The molecule has 0 saturated carbocycles. The van der Waals surface area contributed by atoms with Crippen LogP contribution >= 0.6 is 11.6 Å². The van der Waals surface area contributed by atoms with E-state index in [0.717, 1.165) is 0 Å². The Kier molecular flexibility index (Phi) is 6.06. The van der Waals surface area contributed by atoms with E-state index in [0.29, 0.717) is 17.8 Å². The van der Waals surface area contributed by atoms with Gasteiger partial charge in [-0.1, -0.05) is 17.7 Å². The first kappa shape index (κ1) is 19.4. The largest absolute Gasteiger partial charge is 0.345 e. The molecule has 0 saturated heterocycles. The Hall–Kier alpha value is -3.93. The van der Waals surface area contributed by atoms with E-state index in [4.69, 9.17) is 27.4 Å². The molecule has 0 aliphatic heterocycles. The van der Waals surface area contributed by atoms with Gasteiger partial charge in [0, 0.05) is 11.4 Å². The molecule has 2 aromatic carbocycles. The van der Waals surface area contributed by atoms with E-state index in [1.165, 1.54) is 24.3 Å². The maximum Gasteiger partial charge on any atom is 0.257 e. The number of rotatable bonds is 4. The van der Waals surface area contributed by atoms with Crippen LogP contribution in [0.15, 0.2) is 47.7 Å². The first-order chi connectivity index (χ1) is 12.9. The van der Waals surface area contributed by atoms with Crippen LogP contribution < -0.4 is 10.6 Å². The van der Waals surface area contributed by atoms with Gasteiger partial charge in [-0.3, -0.25) is 4.79 Å². The first-order valence-electron chi connectivity index (χ1n) is 7.17. The number of allylic oxidation sites excluding steroid dienone is 2. The van der Waals surface area contributed by atoms with Crippen molar-refractivity contribution in [1.82, 2.24) is 0 Å². The summed E-state index contributed by atoms with van der Waals surface area (Å²) in [5, 5.41) is 31.5. The highest BCUT2D eigenvalue weighted by Crippen LogP contribution is 2.23. The quantitative estimate of drug-likeness (QED) is 0.609. The lowest BCUT2D eigenvalue weighted by Crippen LogP contribution is -2.13. The highest BCUT2D eigenvalue weighted by molar-refractivity contribution is 6.34. The van der Waals surface area contributed by atoms with Crippen molar-refractivity contribution < 1.29 is 13.6 Å². The van der Waals surface area contributed by atoms with Crippen LogP contribution in [0.5, 0.6) is 0 Å². The van der Waals surface area contributed by atoms with Gasteiger partial charge in [0.25, 0.3) is 5.91 Å². The Balaban J connectivity index is 2.27. The third-order valence-electron chi connectivity index (χ3n) is 3.23. The van der Waals surface area contributed by atoms with Gasteiger partial charge in [-0.25, -0.2) is 8.78 Å². The third-order valence-corrected chi connectivity index (χ3v) is 3.54. The molecule has 132 valence electrons. The van der Waals surface area contributed by atoms with E-state index >= 15 is 0 Å². The number of carbonyl (C=O) groups is 1. The van der Waals surface area contributed by atoms with Crippen molar-refractivity contribution in [3.05, 3.63) is 69.9 Å². The molecular formula is C18H8ClF2N5O. The van der Waals surface area contributed by atoms with Gasteiger partial charge < -0.3 is 10.6 Å². The van der Waals surface area contributed by atoms with Crippen molar-refractivity contribution in [3.63, 3.8) is 0 Å². The van der Waals surface area contributed by atoms with Gasteiger partial charge in [-0.2, -0.15) is 15.8 Å². The molecule has 2 aromatic rings. The van der Waals surface area contributed by atoms with Crippen molar-refractivity contribution in [2.45, 2.75) is 0 Å². The molecule has 0 aliphatic rings. The van der Waals surface area contributed by atoms with Gasteiger partial charge >= 0.3 is 0 Å². The summed E-state index contributed by atoms with van der Waals surface area (Å²) in [7, 11) is 0. The molecule has 1 amide bonds. The SMILES string of the molecule is N#CC(C#N)=C(C#N)Nc1cccc(NC(=O)c2cc(F)c(F)cc2Cl)c1. The number of nitriles is 3. The van der Waals surface area contributed by atoms with Crippen molar-refractivity contribution in [2.75, 3.05) is 10.6 Å². The minimum Gasteiger partial charge on any atom is -0.345 e. The molecule has 0 fully saturated rings. The Morgan fingerprint density at radius 2 is 1.52 bits per heavy atom. The molecule has 6 nitrogen and oxygen atoms in total. The minimum atomic E-state index is -1.22. The number of halogens is 3. The summed E-state index contributed by atoms with van der Waals surface area (Å²) >= 11 is 5.77. The molecule has 0 heterocycles. The number of nitrogens with zero attached hydrogens (tertiary/aromatic N) is 3. The molecule has 0 atom stereocenters. The van der Waals surface area contributed by atoms with Crippen molar-refractivity contribution >= 4 is 28.9 Å². The van der Waals surface area contributed by atoms with Gasteiger partial charge in [0.15, 0.2) is 17.2 Å². The Labute approximate surface area is 157 Å². The molecule has 0 aliphatic carbocycles. The molecule has 0 radical (unpaired) electrons. The van der Waals surface area contributed by atoms with Crippen LogP contribution in [-0.2, 0) is 0 Å². The number of hydrogen-bond donors (Lipinski definition) is 2. The number of nitrogens with one attached hydrogen (secondary N) is 2. The van der Waals surface area contributed by atoms with Crippen molar-refractivity contribution in [3.8, 4) is 18.2 Å². The summed E-state index contributed by atoms with van der Waals surface area (Å²) < 4.78 is 26.4. The summed E-state index contributed by atoms with van der Waals surface area (Å²) in [5.41, 5.74) is -0.363. The molecule has 0 spiro atoms. The second-order valence-electron chi connectivity index (χ2n) is 4.99. The summed E-state index contributed by atoms with van der Waals surface area (Å²) in [6.07, 6.45) is 0. The van der Waals surface area contributed by atoms with Crippen molar-refractivity contribution in [1.29, 1.82) is 15.8 Å². The van der Waals surface area contributed by atoms with E-state index in [1.807, 2.05) is 0 Å². The van der Waals surface area contributed by atoms with Gasteiger partial charge in [-0.05, 0) is 30.3 Å². The standard InChI is InChI=1S/C18H8ClF2N5O/c19-14-6-16(21)15(20)5-13(14)18(27)26-12-3-1-2-11(4-12)25-17(9-24)10(7-22)8-23/h1-6,25H,(H,26,27). The number of amides is 1. The fourth-order valence-electron chi connectivity index (χ4n) is 2.00. The molecule has 0 bridgehead atoms. The Morgan fingerprint density at radius 1 is 0.926 bits per heavy atom. The zero-order chi connectivity index (χ0) is 20.0. The average molecular weight is 384 g/mol. The van der Waals surface area contributed by atoms with Crippen LogP contribution in [0.3, 0.4) is 0 Å². The predicted octanol–water partition coefficient (Wildman–Crippen LogP) is 4.11. The number of carbonyl (C=O) groups excluding carboxylic acids is 1. The highest BCUT2D eigenvalue weighted by atomic mass is 35.5. The van der Waals surface area contributed by atoms with E-state index in [-0.39, 0.29) is 22.0 Å². The van der Waals surface area contributed by atoms with Crippen molar-refractivity contribution in [2.24, 2.45) is 0 Å². The topological polar surface area (TPSA) is 112 Å². The molecule has 2 N–H and O–H groups in total. The monoisotopic (exact) mass is 383 g/mol. The third kappa shape index (κ3) is 4.58. The summed E-state index contributed by atoms with van der Waals surface area (Å²) in [4.78, 5) is 12.2. The van der Waals surface area contributed by atoms with E-state index in [2.05, 4.69) is 10.6 Å². The molecule has 0 unspecified atom stereocenters. The number of benzene rings is 2. The fraction of sp³-hybridized carbons (Fsp3) is 0. The van der Waals surface area contributed by atoms with Crippen LogP contribution in [0.4, 0.5) is 20.2 Å². The minimum absolute atomic E-state index is 0.249. The van der Waals surface area contributed by atoms with Gasteiger partial charge in [0.05, 0.1) is 10.6 Å². The van der Waals surface area contributed by atoms with E-state index in [9.17, 15) is 13.6 Å². The van der Waals surface area contributed by atoms with Crippen LogP contribution in [-0.4, -0.2) is 5.91 Å². The highest BCUT2D eigenvalue weighted by Gasteiger charge is 2.15. The summed E-state index contributed by atoms with van der Waals surface area (Å²) in [6, 6.07) is 12.2. The zero-order valence-corrected chi connectivity index (χ0v) is 14.1. The number of anilines is 2. The molecule has 27 heavy (non-hydrogen) atoms. The molecular weight excluding hydrogens is 376 g/mol. The molecule has 2 rings (SSSR count). The van der Waals surface area contributed by atoms with E-state index < -0.39 is 23.1 Å². The van der Waals surface area contributed by atoms with Crippen LogP contribution in [0, 0.1) is 45.6 Å². The molecule has 9 heteroatoms. The fourth-order valence-corrected chi connectivity index (χ4v) is 2.23. The second-order valence-corrected chi connectivity index (χ2v) is 5.40. The maximum absolute atomic E-state index is 13.3. The predicted molar refractivity (Wildman–Crippen MR) is 93.3 cm³/mol. The lowest BCUT2D eigenvalue weighted by atomic mass is 10.2. The van der Waals surface area contributed by atoms with Gasteiger partial charge in [0.1, 0.15) is 23.9 Å².